The van der Waals surface area contributed by atoms with Gasteiger partial charge in [0.05, 0.1) is 6.61 Å². The van der Waals surface area contributed by atoms with Crippen LogP contribution in [0, 0.1) is 0 Å². The number of rotatable bonds is 10. The molecule has 0 aromatic heterocycles. The van der Waals surface area contributed by atoms with Crippen LogP contribution < -0.4 is 0 Å². The van der Waals surface area contributed by atoms with E-state index in [1.165, 1.54) is 0 Å². The minimum atomic E-state index is -1.20. The highest BCUT2D eigenvalue weighted by Crippen LogP contribution is 2.41. The van der Waals surface area contributed by atoms with Crippen molar-refractivity contribution in [2.75, 3.05) is 34.0 Å². The van der Waals surface area contributed by atoms with Crippen molar-refractivity contribution in [1.82, 2.24) is 0 Å². The lowest BCUT2D eigenvalue weighted by atomic mass is 10.7. The summed E-state index contributed by atoms with van der Waals surface area (Å²) < 4.78 is 29.7. The Morgan fingerprint density at radius 1 is 1.25 bits per heavy atom. The predicted octanol–water partition coefficient (Wildman–Crippen LogP) is 2.97. The Hall–Kier alpha value is 0.330. The second kappa shape index (κ2) is 11.8. The Kier molecular flexibility index (Phi) is 12.0. The van der Waals surface area contributed by atoms with E-state index in [0.717, 1.165) is 0 Å². The van der Waals surface area contributed by atoms with Crippen molar-refractivity contribution in [3.8, 4) is 0 Å². The standard InChI is InChI=1S/C8H19NO5P2/c1-5-12-8(10-3)7-13-15-9-16(11-4)14-6-2/h8H,5-7H2,1-4H3. The van der Waals surface area contributed by atoms with Crippen molar-refractivity contribution >= 4 is 17.1 Å². The van der Waals surface area contributed by atoms with Crippen molar-refractivity contribution in [2.45, 2.75) is 20.1 Å². The van der Waals surface area contributed by atoms with Crippen molar-refractivity contribution in [3.63, 3.8) is 0 Å². The first kappa shape index (κ1) is 16.3. The number of hydrogen-bond donors (Lipinski definition) is 0. The summed E-state index contributed by atoms with van der Waals surface area (Å²) in [6.45, 7) is 5.26. The van der Waals surface area contributed by atoms with Crippen LogP contribution in [0.25, 0.3) is 0 Å². The van der Waals surface area contributed by atoms with Crippen LogP contribution in [-0.2, 0) is 23.0 Å². The van der Waals surface area contributed by atoms with Crippen LogP contribution in [0.2, 0.25) is 0 Å². The molecule has 0 aliphatic carbocycles. The van der Waals surface area contributed by atoms with E-state index in [1.54, 1.807) is 14.2 Å². The Morgan fingerprint density at radius 2 is 2.00 bits per heavy atom. The summed E-state index contributed by atoms with van der Waals surface area (Å²) in [7, 11) is 2.38. The average molecular weight is 271 g/mol. The van der Waals surface area contributed by atoms with Gasteiger partial charge in [-0.05, 0) is 13.8 Å². The molecule has 0 aromatic rings. The minimum Gasteiger partial charge on any atom is -0.354 e. The van der Waals surface area contributed by atoms with Crippen LogP contribution in [0.4, 0.5) is 0 Å². The molecule has 0 heterocycles. The van der Waals surface area contributed by atoms with Gasteiger partial charge in [-0.25, -0.2) is 0 Å². The molecule has 0 aliphatic rings. The number of hydrogen-bond acceptors (Lipinski definition) is 6. The SMILES string of the molecule is CCOC(COP=NP(OC)OCC)OC. The maximum atomic E-state index is 5.23. The van der Waals surface area contributed by atoms with E-state index < -0.39 is 8.53 Å². The highest BCUT2D eigenvalue weighted by molar-refractivity contribution is 7.50. The second-order valence-electron chi connectivity index (χ2n) is 2.43. The van der Waals surface area contributed by atoms with Gasteiger partial charge in [-0.15, -0.1) is 0 Å². The average Bonchev–Trinajstić information content (AvgIpc) is 2.31. The van der Waals surface area contributed by atoms with E-state index in [0.29, 0.717) is 28.4 Å². The molecule has 2 unspecified atom stereocenters. The molecule has 16 heavy (non-hydrogen) atoms. The zero-order chi connectivity index (χ0) is 12.2. The van der Waals surface area contributed by atoms with Gasteiger partial charge in [-0.3, -0.25) is 0 Å². The molecule has 0 fully saturated rings. The first-order valence-electron chi connectivity index (χ1n) is 4.92. The van der Waals surface area contributed by atoms with E-state index in [1.807, 2.05) is 13.8 Å². The molecule has 8 heteroatoms. The lowest BCUT2D eigenvalue weighted by Crippen LogP contribution is -2.19. The second-order valence-corrected chi connectivity index (χ2v) is 4.66. The quantitative estimate of drug-likeness (QED) is 0.451. The molecule has 0 saturated carbocycles. The molecule has 0 aliphatic heterocycles. The van der Waals surface area contributed by atoms with Crippen molar-refractivity contribution in [1.29, 1.82) is 0 Å². The molecule has 0 aromatic carbocycles. The molecular weight excluding hydrogens is 252 g/mol. The largest absolute Gasteiger partial charge is 0.354 e. The highest BCUT2D eigenvalue weighted by atomic mass is 31.2. The Balaban J connectivity index is 3.71. The monoisotopic (exact) mass is 271 g/mol. The van der Waals surface area contributed by atoms with E-state index >= 15 is 0 Å². The van der Waals surface area contributed by atoms with Gasteiger partial charge in [0.25, 0.3) is 0 Å². The summed E-state index contributed by atoms with van der Waals surface area (Å²) in [4.78, 5) is 0. The Morgan fingerprint density at radius 3 is 2.50 bits per heavy atom. The normalized spacial score (nSPS) is 15.5. The van der Waals surface area contributed by atoms with Crippen molar-refractivity contribution in [3.05, 3.63) is 0 Å². The molecule has 0 amide bonds. The summed E-state index contributed by atoms with van der Waals surface area (Å²) in [5.74, 6) is 0. The van der Waals surface area contributed by atoms with E-state index in [9.17, 15) is 0 Å². The van der Waals surface area contributed by atoms with E-state index in [4.69, 9.17) is 23.0 Å². The number of nitrogens with zero attached hydrogens (tertiary/aromatic N) is 1. The van der Waals surface area contributed by atoms with Crippen molar-refractivity contribution < 1.29 is 23.0 Å². The lowest BCUT2D eigenvalue weighted by Gasteiger charge is -2.13. The molecular formula is C8H19NO5P2. The smallest absolute Gasteiger partial charge is 0.315 e. The first-order valence-corrected chi connectivity index (χ1v) is 6.82. The van der Waals surface area contributed by atoms with Gasteiger partial charge in [-0.2, -0.15) is 4.52 Å². The number of ether oxygens (including phenoxy) is 2. The summed E-state index contributed by atoms with van der Waals surface area (Å²) in [5.41, 5.74) is 0. The van der Waals surface area contributed by atoms with Gasteiger partial charge < -0.3 is 23.0 Å². The van der Waals surface area contributed by atoms with Crippen LogP contribution in [0.5, 0.6) is 0 Å². The molecule has 0 saturated heterocycles. The summed E-state index contributed by atoms with van der Waals surface area (Å²) >= 11 is 0. The van der Waals surface area contributed by atoms with Gasteiger partial charge in [0, 0.05) is 20.8 Å². The van der Waals surface area contributed by atoms with Gasteiger partial charge in [0.1, 0.15) is 6.61 Å². The minimum absolute atomic E-state index is 0.328. The highest BCUT2D eigenvalue weighted by Gasteiger charge is 2.07. The maximum absolute atomic E-state index is 5.23. The third-order valence-electron chi connectivity index (χ3n) is 1.39. The summed E-state index contributed by atoms with van der Waals surface area (Å²) in [6.07, 6.45) is -0.353. The van der Waals surface area contributed by atoms with Crippen LogP contribution in [0.15, 0.2) is 4.52 Å². The Labute approximate surface area is 99.5 Å². The summed E-state index contributed by atoms with van der Waals surface area (Å²) in [6, 6.07) is 0. The van der Waals surface area contributed by atoms with Crippen LogP contribution in [0.3, 0.4) is 0 Å². The van der Waals surface area contributed by atoms with Crippen molar-refractivity contribution in [2.24, 2.45) is 4.52 Å². The third kappa shape index (κ3) is 8.48. The predicted molar refractivity (Wildman–Crippen MR) is 63.3 cm³/mol. The Bertz CT molecular complexity index is 184. The topological polar surface area (TPSA) is 58.5 Å². The fourth-order valence-corrected chi connectivity index (χ4v) is 2.20. The lowest BCUT2D eigenvalue weighted by molar-refractivity contribution is -0.136. The van der Waals surface area contributed by atoms with Crippen LogP contribution in [0.1, 0.15) is 13.8 Å². The van der Waals surface area contributed by atoms with Gasteiger partial charge in [0.2, 0.25) is 0 Å². The van der Waals surface area contributed by atoms with E-state index in [2.05, 4.69) is 4.52 Å². The molecule has 0 rings (SSSR count). The van der Waals surface area contributed by atoms with Crippen LogP contribution >= 0.6 is 17.1 Å². The molecule has 0 spiro atoms. The number of methoxy groups -OCH3 is 1. The zero-order valence-electron chi connectivity index (χ0n) is 10.1. The molecule has 6 nitrogen and oxygen atoms in total. The zero-order valence-corrected chi connectivity index (χ0v) is 11.9. The maximum Gasteiger partial charge on any atom is 0.315 e. The molecule has 2 atom stereocenters. The third-order valence-corrected chi connectivity index (χ3v) is 3.32. The van der Waals surface area contributed by atoms with Gasteiger partial charge in [0.15, 0.2) is 14.9 Å². The molecule has 96 valence electrons. The summed E-state index contributed by atoms with van der Waals surface area (Å²) in [5, 5.41) is 0. The molecule has 0 bridgehead atoms. The first-order chi connectivity index (χ1) is 7.78. The fourth-order valence-electron chi connectivity index (χ4n) is 0.745. The van der Waals surface area contributed by atoms with Gasteiger partial charge >= 0.3 is 8.53 Å². The molecule has 0 N–H and O–H groups in total. The molecule has 0 radical (unpaired) electrons. The van der Waals surface area contributed by atoms with Gasteiger partial charge in [-0.1, -0.05) is 0 Å². The van der Waals surface area contributed by atoms with Crippen LogP contribution in [-0.4, -0.2) is 40.3 Å². The van der Waals surface area contributed by atoms with E-state index in [-0.39, 0.29) is 6.29 Å². The fraction of sp³-hybridized carbons (Fsp3) is 1.00.